The van der Waals surface area contributed by atoms with Crippen LogP contribution in [0.25, 0.3) is 45.8 Å². The van der Waals surface area contributed by atoms with E-state index < -0.39 is 0 Å². The lowest BCUT2D eigenvalue weighted by Gasteiger charge is -2.25. The highest BCUT2D eigenvalue weighted by molar-refractivity contribution is 5.80. The van der Waals surface area contributed by atoms with Crippen LogP contribution in [0.2, 0.25) is 0 Å². The van der Waals surface area contributed by atoms with Crippen molar-refractivity contribution in [3.63, 3.8) is 0 Å². The summed E-state index contributed by atoms with van der Waals surface area (Å²) in [5.41, 5.74) is 11.9. The third-order valence-corrected chi connectivity index (χ3v) is 10.4. The standard InChI is InChI=1S/C53H38N6O2/c1-5-17-44(18-6-1)58(45-19-7-2-8-20-45)48-25-13-15-42(36-48)52-56-54-50(60-52)40-31-27-38(28-32-40)35-39-29-33-41(34-30-39)51-55-57-53(61-51)43-16-14-26-49(37-43)59(46-21-9-3-10-22-46)47-23-11-4-12-24-47/h1-34,36-37H,35H2. The van der Waals surface area contributed by atoms with Crippen LogP contribution in [0.3, 0.4) is 0 Å². The third kappa shape index (κ3) is 8.06. The first kappa shape index (κ1) is 36.9. The summed E-state index contributed by atoms with van der Waals surface area (Å²) in [5, 5.41) is 17.7. The fourth-order valence-corrected chi connectivity index (χ4v) is 7.44. The Labute approximate surface area is 353 Å². The maximum absolute atomic E-state index is 6.24. The maximum atomic E-state index is 6.24. The number of rotatable bonds is 12. The normalized spacial score (nSPS) is 11.0. The molecule has 2 aromatic heterocycles. The van der Waals surface area contributed by atoms with Gasteiger partial charge in [-0.1, -0.05) is 109 Å². The van der Waals surface area contributed by atoms with Crippen molar-refractivity contribution >= 4 is 34.1 Å². The largest absolute Gasteiger partial charge is 0.416 e. The Morgan fingerprint density at radius 2 is 0.574 bits per heavy atom. The summed E-state index contributed by atoms with van der Waals surface area (Å²) in [6.07, 6.45) is 0.753. The Hall–Kier alpha value is -8.36. The molecular formula is C53H38N6O2. The van der Waals surface area contributed by atoms with E-state index in [1.165, 1.54) is 0 Å². The maximum Gasteiger partial charge on any atom is 0.248 e. The highest BCUT2D eigenvalue weighted by atomic mass is 16.4. The average Bonchev–Trinajstić information content (AvgIpc) is 4.04. The van der Waals surface area contributed by atoms with E-state index in [0.717, 1.165) is 73.9 Å². The van der Waals surface area contributed by atoms with Crippen LogP contribution >= 0.6 is 0 Å². The molecule has 8 aromatic carbocycles. The molecule has 0 aliphatic heterocycles. The van der Waals surface area contributed by atoms with Gasteiger partial charge in [0.1, 0.15) is 0 Å². The molecule has 0 unspecified atom stereocenters. The van der Waals surface area contributed by atoms with Crippen molar-refractivity contribution in [1.29, 1.82) is 0 Å². The van der Waals surface area contributed by atoms with E-state index >= 15 is 0 Å². The first-order valence-corrected chi connectivity index (χ1v) is 20.1. The van der Waals surface area contributed by atoms with Gasteiger partial charge in [0.05, 0.1) is 0 Å². The highest BCUT2D eigenvalue weighted by Crippen LogP contribution is 2.38. The highest BCUT2D eigenvalue weighted by Gasteiger charge is 2.18. The summed E-state index contributed by atoms with van der Waals surface area (Å²) < 4.78 is 12.5. The van der Waals surface area contributed by atoms with E-state index in [9.17, 15) is 0 Å². The predicted octanol–water partition coefficient (Wildman–Crippen LogP) is 13.7. The van der Waals surface area contributed by atoms with E-state index in [1.54, 1.807) is 0 Å². The first-order chi connectivity index (χ1) is 30.2. The topological polar surface area (TPSA) is 84.3 Å². The summed E-state index contributed by atoms with van der Waals surface area (Å²) in [5.74, 6) is 1.85. The van der Waals surface area contributed by atoms with E-state index in [-0.39, 0.29) is 0 Å². The van der Waals surface area contributed by atoms with Gasteiger partial charge >= 0.3 is 0 Å². The van der Waals surface area contributed by atoms with Crippen molar-refractivity contribution in [2.75, 3.05) is 9.80 Å². The summed E-state index contributed by atoms with van der Waals surface area (Å²) in [4.78, 5) is 4.42. The van der Waals surface area contributed by atoms with E-state index in [1.807, 2.05) is 121 Å². The molecule has 0 bridgehead atoms. The Balaban J connectivity index is 0.816. The van der Waals surface area contributed by atoms with Gasteiger partial charge in [-0.2, -0.15) is 0 Å². The quantitative estimate of drug-likeness (QED) is 0.121. The minimum absolute atomic E-state index is 0.460. The Morgan fingerprint density at radius 1 is 0.279 bits per heavy atom. The number of anilines is 6. The molecule has 0 saturated carbocycles. The van der Waals surface area contributed by atoms with Crippen LogP contribution in [0.4, 0.5) is 34.1 Å². The van der Waals surface area contributed by atoms with Crippen molar-refractivity contribution in [1.82, 2.24) is 20.4 Å². The molecule has 0 atom stereocenters. The van der Waals surface area contributed by atoms with Crippen molar-refractivity contribution in [3.8, 4) is 45.8 Å². The smallest absolute Gasteiger partial charge is 0.248 e. The molecule has 8 nitrogen and oxygen atoms in total. The number of hydrogen-bond donors (Lipinski definition) is 0. The number of nitrogens with zero attached hydrogens (tertiary/aromatic N) is 6. The van der Waals surface area contributed by atoms with E-state index in [4.69, 9.17) is 8.83 Å². The molecule has 10 aromatic rings. The minimum Gasteiger partial charge on any atom is -0.416 e. The minimum atomic E-state index is 0.460. The van der Waals surface area contributed by atoms with Gasteiger partial charge in [0.2, 0.25) is 23.6 Å². The number of benzene rings is 8. The number of aromatic nitrogens is 4. The van der Waals surface area contributed by atoms with Crippen LogP contribution < -0.4 is 9.80 Å². The lowest BCUT2D eigenvalue weighted by molar-refractivity contribution is 0.584. The molecule has 61 heavy (non-hydrogen) atoms. The number of hydrogen-bond acceptors (Lipinski definition) is 8. The Morgan fingerprint density at radius 3 is 0.902 bits per heavy atom. The fourth-order valence-electron chi connectivity index (χ4n) is 7.44. The summed E-state index contributed by atoms with van der Waals surface area (Å²) in [6.45, 7) is 0. The van der Waals surface area contributed by atoms with Crippen molar-refractivity contribution in [2.45, 2.75) is 6.42 Å². The van der Waals surface area contributed by atoms with Crippen molar-refractivity contribution in [3.05, 3.63) is 230 Å². The van der Waals surface area contributed by atoms with Crippen molar-refractivity contribution < 1.29 is 8.83 Å². The second kappa shape index (κ2) is 16.9. The Bertz CT molecular complexity index is 2700. The molecule has 0 spiro atoms. The average molecular weight is 791 g/mol. The lowest BCUT2D eigenvalue weighted by atomic mass is 10.0. The molecule has 292 valence electrons. The van der Waals surface area contributed by atoms with E-state index in [2.05, 4.69) is 127 Å². The molecule has 0 saturated heterocycles. The van der Waals surface area contributed by atoms with Gasteiger partial charge in [-0.05, 0) is 127 Å². The van der Waals surface area contributed by atoms with Crippen LogP contribution in [0.1, 0.15) is 11.1 Å². The SMILES string of the molecule is c1ccc(N(c2ccccc2)c2cccc(-c3nnc(-c4ccc(Cc5ccc(-c6nnc(-c7cccc(N(c8ccccc8)c8ccccc8)c7)o6)cc5)cc4)o3)c2)cc1. The zero-order chi connectivity index (χ0) is 40.8. The van der Waals surface area contributed by atoms with Gasteiger partial charge in [0.15, 0.2) is 0 Å². The second-order valence-corrected chi connectivity index (χ2v) is 14.5. The van der Waals surface area contributed by atoms with Gasteiger partial charge in [0, 0.05) is 56.4 Å². The summed E-state index contributed by atoms with van der Waals surface area (Å²) in [7, 11) is 0. The monoisotopic (exact) mass is 790 g/mol. The lowest BCUT2D eigenvalue weighted by Crippen LogP contribution is -2.09. The zero-order valence-electron chi connectivity index (χ0n) is 33.0. The molecule has 0 fully saturated rings. The molecule has 0 aliphatic carbocycles. The second-order valence-electron chi connectivity index (χ2n) is 14.5. The van der Waals surface area contributed by atoms with Crippen LogP contribution in [0, 0.1) is 0 Å². The van der Waals surface area contributed by atoms with Gasteiger partial charge in [-0.15, -0.1) is 20.4 Å². The Kier molecular flexibility index (Phi) is 10.2. The molecule has 2 heterocycles. The molecule has 0 amide bonds. The third-order valence-electron chi connectivity index (χ3n) is 10.4. The molecule has 0 radical (unpaired) electrons. The predicted molar refractivity (Wildman–Crippen MR) is 243 cm³/mol. The number of para-hydroxylation sites is 4. The van der Waals surface area contributed by atoms with Gasteiger partial charge < -0.3 is 18.6 Å². The van der Waals surface area contributed by atoms with Crippen LogP contribution in [0.5, 0.6) is 0 Å². The molecular weight excluding hydrogens is 753 g/mol. The van der Waals surface area contributed by atoms with Crippen LogP contribution in [0.15, 0.2) is 227 Å². The van der Waals surface area contributed by atoms with E-state index in [0.29, 0.717) is 23.6 Å². The van der Waals surface area contributed by atoms with Crippen LogP contribution in [-0.2, 0) is 6.42 Å². The van der Waals surface area contributed by atoms with Gasteiger partial charge in [-0.25, -0.2) is 0 Å². The summed E-state index contributed by atoms with van der Waals surface area (Å²) >= 11 is 0. The van der Waals surface area contributed by atoms with Gasteiger partial charge in [0.25, 0.3) is 0 Å². The molecule has 10 rings (SSSR count). The van der Waals surface area contributed by atoms with Gasteiger partial charge in [-0.3, -0.25) is 0 Å². The first-order valence-electron chi connectivity index (χ1n) is 20.1. The molecule has 8 heteroatoms. The van der Waals surface area contributed by atoms with Crippen LogP contribution in [-0.4, -0.2) is 20.4 Å². The summed E-state index contributed by atoms with van der Waals surface area (Å²) in [6, 6.07) is 74.1. The fraction of sp³-hybridized carbons (Fsp3) is 0.0189. The van der Waals surface area contributed by atoms with Crippen molar-refractivity contribution in [2.24, 2.45) is 0 Å². The molecule has 0 aliphatic rings. The molecule has 0 N–H and O–H groups in total. The zero-order valence-corrected chi connectivity index (χ0v) is 33.0.